The Kier molecular flexibility index (Phi) is 3.99. The van der Waals surface area contributed by atoms with Crippen LogP contribution in [0.1, 0.15) is 11.5 Å². The Hall–Kier alpha value is -2.42. The minimum Gasteiger partial charge on any atom is -0.401 e. The Bertz CT molecular complexity index is 734. The Labute approximate surface area is 117 Å². The van der Waals surface area contributed by atoms with Crippen LogP contribution in [0, 0.1) is 10.1 Å². The van der Waals surface area contributed by atoms with Crippen molar-refractivity contribution in [2.75, 3.05) is 6.26 Å². The fourth-order valence-electron chi connectivity index (χ4n) is 1.44. The highest BCUT2D eigenvalue weighted by molar-refractivity contribution is 7.98. The summed E-state index contributed by atoms with van der Waals surface area (Å²) in [6.45, 7) is 0. The number of thioether (sulfide) groups is 1. The topological polar surface area (TPSA) is 104 Å². The molecule has 104 valence electrons. The maximum Gasteiger partial charge on any atom is 0.433 e. The molecule has 0 amide bonds. The van der Waals surface area contributed by atoms with Crippen LogP contribution < -0.4 is 5.56 Å². The maximum absolute atomic E-state index is 11.9. The molecule has 2 rings (SSSR count). The van der Waals surface area contributed by atoms with Crippen LogP contribution in [0.15, 0.2) is 26.5 Å². The lowest BCUT2D eigenvalue weighted by Crippen LogP contribution is -2.23. The fraction of sp³-hybridized carbons (Fsp3) is 0.182. The van der Waals surface area contributed by atoms with E-state index in [4.69, 9.17) is 4.42 Å². The summed E-state index contributed by atoms with van der Waals surface area (Å²) in [5.41, 5.74) is -0.175. The third-order valence-corrected chi connectivity index (χ3v) is 3.16. The molecule has 0 bridgehead atoms. The fourth-order valence-corrected chi connectivity index (χ4v) is 1.92. The molecule has 0 aromatic carbocycles. The van der Waals surface area contributed by atoms with Crippen molar-refractivity contribution in [2.24, 2.45) is 7.05 Å². The predicted molar refractivity (Wildman–Crippen MR) is 73.3 cm³/mol. The van der Waals surface area contributed by atoms with Crippen molar-refractivity contribution < 1.29 is 9.34 Å². The highest BCUT2D eigenvalue weighted by atomic mass is 32.2. The minimum absolute atomic E-state index is 0.129. The summed E-state index contributed by atoms with van der Waals surface area (Å²) in [6, 6.07) is 2.67. The molecule has 20 heavy (non-hydrogen) atoms. The second-order valence-corrected chi connectivity index (χ2v) is 4.48. The van der Waals surface area contributed by atoms with Gasteiger partial charge < -0.3 is 4.42 Å². The minimum atomic E-state index is -0.635. The van der Waals surface area contributed by atoms with Crippen molar-refractivity contribution in [3.05, 3.63) is 44.1 Å². The van der Waals surface area contributed by atoms with Crippen LogP contribution >= 0.6 is 11.8 Å². The van der Waals surface area contributed by atoms with E-state index in [-0.39, 0.29) is 22.9 Å². The van der Waals surface area contributed by atoms with Crippen LogP contribution in [-0.2, 0) is 7.05 Å². The molecular weight excluding hydrogens is 284 g/mol. The van der Waals surface area contributed by atoms with E-state index in [0.29, 0.717) is 5.16 Å². The number of nitro groups is 1. The van der Waals surface area contributed by atoms with Crippen molar-refractivity contribution in [3.63, 3.8) is 0 Å². The molecule has 0 saturated heterocycles. The van der Waals surface area contributed by atoms with Gasteiger partial charge in [-0.3, -0.25) is 19.5 Å². The summed E-state index contributed by atoms with van der Waals surface area (Å²) in [5.74, 6) is -0.101. The molecule has 2 aromatic rings. The van der Waals surface area contributed by atoms with Crippen molar-refractivity contribution >= 4 is 29.8 Å². The smallest absolute Gasteiger partial charge is 0.401 e. The normalized spacial score (nSPS) is 11.1. The molecular formula is C11H10N4O4S. The second kappa shape index (κ2) is 5.70. The summed E-state index contributed by atoms with van der Waals surface area (Å²) in [4.78, 5) is 21.8. The van der Waals surface area contributed by atoms with Gasteiger partial charge in [-0.05, 0) is 24.5 Å². The van der Waals surface area contributed by atoms with E-state index < -0.39 is 4.92 Å². The van der Waals surface area contributed by atoms with Crippen LogP contribution in [0.2, 0.25) is 0 Å². The Morgan fingerprint density at radius 1 is 1.40 bits per heavy atom. The first-order chi connectivity index (χ1) is 9.52. The standard InChI is InChI=1S/C11H10N4O4S/c1-14-10(16)8(12-13-11(14)20-2)5-3-7-4-6-9(19-7)15(17)18/h3-6H,1-2H3/b5-3+. The first-order valence-corrected chi connectivity index (χ1v) is 6.65. The Morgan fingerprint density at radius 2 is 2.15 bits per heavy atom. The second-order valence-electron chi connectivity index (χ2n) is 3.70. The lowest BCUT2D eigenvalue weighted by molar-refractivity contribution is -0.402. The van der Waals surface area contributed by atoms with E-state index in [9.17, 15) is 14.9 Å². The summed E-state index contributed by atoms with van der Waals surface area (Å²) < 4.78 is 6.31. The summed E-state index contributed by atoms with van der Waals surface area (Å²) in [6.07, 6.45) is 4.63. The van der Waals surface area contributed by atoms with Crippen molar-refractivity contribution in [1.82, 2.24) is 14.8 Å². The third-order valence-electron chi connectivity index (χ3n) is 2.43. The van der Waals surface area contributed by atoms with Gasteiger partial charge >= 0.3 is 5.88 Å². The van der Waals surface area contributed by atoms with Gasteiger partial charge in [0, 0.05) is 7.05 Å². The number of rotatable bonds is 4. The number of furan rings is 1. The molecule has 0 aliphatic heterocycles. The van der Waals surface area contributed by atoms with Crippen LogP contribution in [0.25, 0.3) is 12.2 Å². The molecule has 0 aliphatic rings. The highest BCUT2D eigenvalue weighted by Crippen LogP contribution is 2.17. The number of hydrogen-bond acceptors (Lipinski definition) is 7. The number of nitrogens with zero attached hydrogens (tertiary/aromatic N) is 4. The molecule has 0 spiro atoms. The van der Waals surface area contributed by atoms with E-state index in [1.807, 2.05) is 0 Å². The van der Waals surface area contributed by atoms with Gasteiger partial charge in [0.15, 0.2) is 10.9 Å². The van der Waals surface area contributed by atoms with Crippen LogP contribution in [0.5, 0.6) is 0 Å². The molecule has 0 fully saturated rings. The first kappa shape index (κ1) is 14.0. The van der Waals surface area contributed by atoms with Gasteiger partial charge in [0.05, 0.1) is 6.07 Å². The average molecular weight is 294 g/mol. The van der Waals surface area contributed by atoms with E-state index in [1.165, 1.54) is 40.6 Å². The molecule has 0 N–H and O–H groups in total. The number of hydrogen-bond donors (Lipinski definition) is 0. The molecule has 0 radical (unpaired) electrons. The maximum atomic E-state index is 11.9. The predicted octanol–water partition coefficient (Wildman–Crippen LogP) is 1.57. The molecule has 9 heteroatoms. The van der Waals surface area contributed by atoms with Crippen molar-refractivity contribution in [1.29, 1.82) is 0 Å². The van der Waals surface area contributed by atoms with Gasteiger partial charge in [-0.1, -0.05) is 11.8 Å². The van der Waals surface area contributed by atoms with Gasteiger partial charge in [0.1, 0.15) is 10.7 Å². The largest absolute Gasteiger partial charge is 0.433 e. The highest BCUT2D eigenvalue weighted by Gasteiger charge is 2.10. The SMILES string of the molecule is CSc1nnc(/C=C/c2ccc([N+](=O)[O-])o2)c(=O)n1C. The molecule has 0 atom stereocenters. The summed E-state index contributed by atoms with van der Waals surface area (Å²) in [5, 5.41) is 18.7. The van der Waals surface area contributed by atoms with Crippen molar-refractivity contribution in [2.45, 2.75) is 5.16 Å². The quantitative estimate of drug-likeness (QED) is 0.479. The zero-order valence-electron chi connectivity index (χ0n) is 10.6. The van der Waals surface area contributed by atoms with Gasteiger partial charge in [0.2, 0.25) is 0 Å². The Balaban J connectivity index is 2.29. The van der Waals surface area contributed by atoms with Gasteiger partial charge in [-0.2, -0.15) is 0 Å². The molecule has 8 nitrogen and oxygen atoms in total. The zero-order chi connectivity index (χ0) is 14.7. The van der Waals surface area contributed by atoms with Gasteiger partial charge in [0.25, 0.3) is 5.56 Å². The first-order valence-electron chi connectivity index (χ1n) is 5.43. The van der Waals surface area contributed by atoms with Crippen LogP contribution in [0.3, 0.4) is 0 Å². The average Bonchev–Trinajstić information content (AvgIpc) is 2.89. The van der Waals surface area contributed by atoms with Crippen LogP contribution in [-0.4, -0.2) is 25.9 Å². The van der Waals surface area contributed by atoms with E-state index in [1.54, 1.807) is 13.3 Å². The Morgan fingerprint density at radius 3 is 2.75 bits per heavy atom. The molecule has 2 aromatic heterocycles. The lowest BCUT2D eigenvalue weighted by Gasteiger charge is -2.02. The van der Waals surface area contributed by atoms with E-state index in [0.717, 1.165) is 0 Å². The van der Waals surface area contributed by atoms with Gasteiger partial charge in [-0.15, -0.1) is 10.2 Å². The summed E-state index contributed by atoms with van der Waals surface area (Å²) in [7, 11) is 1.60. The molecule has 0 unspecified atom stereocenters. The monoisotopic (exact) mass is 294 g/mol. The van der Waals surface area contributed by atoms with Crippen LogP contribution in [0.4, 0.5) is 5.88 Å². The molecule has 0 aliphatic carbocycles. The molecule has 2 heterocycles. The summed E-state index contributed by atoms with van der Waals surface area (Å²) >= 11 is 1.31. The molecule has 0 saturated carbocycles. The van der Waals surface area contributed by atoms with Gasteiger partial charge in [-0.25, -0.2) is 0 Å². The third kappa shape index (κ3) is 2.77. The number of aromatic nitrogens is 3. The van der Waals surface area contributed by atoms with E-state index >= 15 is 0 Å². The van der Waals surface area contributed by atoms with E-state index in [2.05, 4.69) is 10.2 Å². The van der Waals surface area contributed by atoms with Crippen molar-refractivity contribution in [3.8, 4) is 0 Å². The zero-order valence-corrected chi connectivity index (χ0v) is 11.5. The lowest BCUT2D eigenvalue weighted by atomic mass is 10.3.